The molecule has 1 aliphatic heterocycles. The van der Waals surface area contributed by atoms with E-state index in [9.17, 15) is 0 Å². The highest BCUT2D eigenvalue weighted by Crippen LogP contribution is 2.32. The first kappa shape index (κ1) is 11.9. The minimum Gasteiger partial charge on any atom is -0.346 e. The van der Waals surface area contributed by atoms with E-state index in [1.165, 1.54) is 21.9 Å². The smallest absolute Gasteiger partial charge is 0.0923 e. The summed E-state index contributed by atoms with van der Waals surface area (Å²) in [6.07, 6.45) is 3.65. The van der Waals surface area contributed by atoms with Crippen LogP contribution in [0.3, 0.4) is 0 Å². The van der Waals surface area contributed by atoms with Crippen molar-refractivity contribution >= 4 is 28.4 Å². The van der Waals surface area contributed by atoms with Crippen LogP contribution in [-0.2, 0) is 0 Å². The maximum Gasteiger partial charge on any atom is 0.0923 e. The van der Waals surface area contributed by atoms with E-state index in [1.807, 2.05) is 12.3 Å². The Morgan fingerprint density at radius 1 is 0.762 bits per heavy atom. The van der Waals surface area contributed by atoms with Gasteiger partial charge in [0.15, 0.2) is 0 Å². The van der Waals surface area contributed by atoms with E-state index in [1.54, 1.807) is 6.34 Å². The lowest BCUT2D eigenvalue weighted by atomic mass is 9.95. The summed E-state index contributed by atoms with van der Waals surface area (Å²) in [7, 11) is 0. The Balaban J connectivity index is 1.92. The van der Waals surface area contributed by atoms with Crippen LogP contribution < -0.4 is 5.32 Å². The quantitative estimate of drug-likeness (QED) is 0.682. The van der Waals surface area contributed by atoms with E-state index in [4.69, 9.17) is 0 Å². The highest BCUT2D eigenvalue weighted by atomic mass is 14.9. The second kappa shape index (κ2) is 4.91. The second-order valence-electron chi connectivity index (χ2n) is 5.07. The van der Waals surface area contributed by atoms with E-state index in [0.29, 0.717) is 0 Å². The molecule has 0 aromatic heterocycles. The van der Waals surface area contributed by atoms with E-state index in [0.717, 1.165) is 11.3 Å². The molecule has 0 atom stereocenters. The van der Waals surface area contributed by atoms with Crippen molar-refractivity contribution in [3.05, 3.63) is 84.1 Å². The van der Waals surface area contributed by atoms with Crippen molar-refractivity contribution < 1.29 is 0 Å². The van der Waals surface area contributed by atoms with Gasteiger partial charge in [-0.2, -0.15) is 0 Å². The van der Waals surface area contributed by atoms with Crippen LogP contribution in [0.4, 0.5) is 5.69 Å². The van der Waals surface area contributed by atoms with E-state index in [-0.39, 0.29) is 0 Å². The molecule has 1 aliphatic rings. The van der Waals surface area contributed by atoms with Gasteiger partial charge in [0, 0.05) is 23.0 Å². The molecule has 3 aromatic carbocycles. The highest BCUT2D eigenvalue weighted by molar-refractivity contribution is 5.95. The van der Waals surface area contributed by atoms with Crippen LogP contribution in [0.25, 0.3) is 16.3 Å². The fourth-order valence-corrected chi connectivity index (χ4v) is 2.72. The first-order chi connectivity index (χ1) is 10.4. The number of nitrogens with one attached hydrogen (secondary N) is 1. The zero-order valence-corrected chi connectivity index (χ0v) is 11.5. The maximum absolute atomic E-state index is 4.33. The van der Waals surface area contributed by atoms with Gasteiger partial charge < -0.3 is 5.32 Å². The molecule has 0 fully saturated rings. The molecule has 1 heterocycles. The van der Waals surface area contributed by atoms with Gasteiger partial charge in [-0.05, 0) is 28.5 Å². The summed E-state index contributed by atoms with van der Waals surface area (Å²) in [4.78, 5) is 4.33. The first-order valence-corrected chi connectivity index (χ1v) is 6.99. The summed E-state index contributed by atoms with van der Waals surface area (Å²) in [5.74, 6) is 0. The molecular weight excluding hydrogens is 256 g/mol. The van der Waals surface area contributed by atoms with Gasteiger partial charge in [-0.3, -0.25) is 0 Å². The molecule has 0 radical (unpaired) electrons. The molecule has 0 saturated carbocycles. The molecule has 2 nitrogen and oxygen atoms in total. The molecule has 1 N–H and O–H groups in total. The van der Waals surface area contributed by atoms with Crippen molar-refractivity contribution in [2.75, 3.05) is 5.32 Å². The summed E-state index contributed by atoms with van der Waals surface area (Å²) < 4.78 is 0. The molecule has 0 unspecified atom stereocenters. The number of rotatable bonds is 1. The molecule has 0 aliphatic carbocycles. The number of nitrogens with zero attached hydrogens (tertiary/aromatic N) is 1. The molecule has 4 rings (SSSR count). The van der Waals surface area contributed by atoms with Gasteiger partial charge in [0.05, 0.1) is 6.34 Å². The number of aliphatic imine (C=N–C) groups is 1. The summed E-state index contributed by atoms with van der Waals surface area (Å²) in [6, 6.07) is 23.2. The third-order valence-electron chi connectivity index (χ3n) is 3.78. The second-order valence-corrected chi connectivity index (χ2v) is 5.07. The van der Waals surface area contributed by atoms with Crippen molar-refractivity contribution in [3.8, 4) is 0 Å². The number of benzene rings is 3. The van der Waals surface area contributed by atoms with Crippen LogP contribution in [0.1, 0.15) is 11.1 Å². The number of para-hydroxylation sites is 1. The summed E-state index contributed by atoms with van der Waals surface area (Å²) >= 11 is 0. The fourth-order valence-electron chi connectivity index (χ4n) is 2.72. The Morgan fingerprint density at radius 2 is 1.57 bits per heavy atom. The molecule has 0 spiro atoms. The van der Waals surface area contributed by atoms with Crippen molar-refractivity contribution in [3.63, 3.8) is 0 Å². The van der Waals surface area contributed by atoms with E-state index < -0.39 is 0 Å². The normalized spacial score (nSPS) is 13.2. The largest absolute Gasteiger partial charge is 0.346 e. The SMILES string of the molecule is C1=NC=C(c2ccc3ccccc3c2)c2ccccc2N1. The van der Waals surface area contributed by atoms with Crippen molar-refractivity contribution in [1.82, 2.24) is 0 Å². The third-order valence-corrected chi connectivity index (χ3v) is 3.78. The van der Waals surface area contributed by atoms with Gasteiger partial charge >= 0.3 is 0 Å². The lowest BCUT2D eigenvalue weighted by molar-refractivity contribution is 1.54. The molecule has 3 aromatic rings. The Labute approximate surface area is 123 Å². The molecule has 0 amide bonds. The Bertz CT molecular complexity index is 875. The first-order valence-electron chi connectivity index (χ1n) is 6.99. The third kappa shape index (κ3) is 2.11. The molecule has 2 heteroatoms. The Kier molecular flexibility index (Phi) is 2.79. The maximum atomic E-state index is 4.33. The minimum absolute atomic E-state index is 1.08. The van der Waals surface area contributed by atoms with E-state index >= 15 is 0 Å². The topological polar surface area (TPSA) is 24.4 Å². The summed E-state index contributed by atoms with van der Waals surface area (Å²) in [6.45, 7) is 0. The van der Waals surface area contributed by atoms with Crippen LogP contribution in [0, 0.1) is 0 Å². The number of hydrogen-bond acceptors (Lipinski definition) is 2. The lowest BCUT2D eigenvalue weighted by Gasteiger charge is -2.11. The number of fused-ring (bicyclic) bond motifs is 2. The predicted molar refractivity (Wildman–Crippen MR) is 89.6 cm³/mol. The molecule has 0 bridgehead atoms. The van der Waals surface area contributed by atoms with Crippen LogP contribution >= 0.6 is 0 Å². The summed E-state index contributed by atoms with van der Waals surface area (Å²) in [5.41, 5.74) is 4.57. The standard InChI is InChI=1S/C19H14N2/c1-2-6-15-11-16(10-9-14(15)5-1)18-12-20-13-21-19-8-4-3-7-17(18)19/h1-13H,(H,20,21). The zero-order valence-electron chi connectivity index (χ0n) is 11.5. The van der Waals surface area contributed by atoms with Gasteiger partial charge in [-0.25, -0.2) is 4.99 Å². The molecular formula is C19H14N2. The van der Waals surface area contributed by atoms with Gasteiger partial charge in [-0.15, -0.1) is 0 Å². The monoisotopic (exact) mass is 270 g/mol. The zero-order chi connectivity index (χ0) is 14.1. The molecule has 0 saturated heterocycles. The fraction of sp³-hybridized carbons (Fsp3) is 0. The van der Waals surface area contributed by atoms with Gasteiger partial charge in [0.25, 0.3) is 0 Å². The van der Waals surface area contributed by atoms with Gasteiger partial charge in [0.1, 0.15) is 0 Å². The van der Waals surface area contributed by atoms with Crippen LogP contribution in [0.5, 0.6) is 0 Å². The van der Waals surface area contributed by atoms with Crippen LogP contribution in [0.2, 0.25) is 0 Å². The highest BCUT2D eigenvalue weighted by Gasteiger charge is 2.11. The van der Waals surface area contributed by atoms with Crippen molar-refractivity contribution in [2.24, 2.45) is 4.99 Å². The Morgan fingerprint density at radius 3 is 2.52 bits per heavy atom. The molecule has 21 heavy (non-hydrogen) atoms. The van der Waals surface area contributed by atoms with Gasteiger partial charge in [-0.1, -0.05) is 54.6 Å². The average molecular weight is 270 g/mol. The summed E-state index contributed by atoms with van der Waals surface area (Å²) in [5, 5.41) is 5.72. The van der Waals surface area contributed by atoms with Crippen molar-refractivity contribution in [2.45, 2.75) is 0 Å². The number of anilines is 1. The van der Waals surface area contributed by atoms with E-state index in [2.05, 4.69) is 71.0 Å². The van der Waals surface area contributed by atoms with Gasteiger partial charge in [0.2, 0.25) is 0 Å². The lowest BCUT2D eigenvalue weighted by Crippen LogP contribution is -1.96. The average Bonchev–Trinajstić information content (AvgIpc) is 2.77. The Hall–Kier alpha value is -2.87. The van der Waals surface area contributed by atoms with Crippen LogP contribution in [0.15, 0.2) is 77.9 Å². The molecule has 100 valence electrons. The number of hydrogen-bond donors (Lipinski definition) is 1. The van der Waals surface area contributed by atoms with Crippen molar-refractivity contribution in [1.29, 1.82) is 0 Å². The predicted octanol–water partition coefficient (Wildman–Crippen LogP) is 4.68. The minimum atomic E-state index is 1.08. The van der Waals surface area contributed by atoms with Crippen LogP contribution in [-0.4, -0.2) is 6.34 Å².